The smallest absolute Gasteiger partial charge is 0.341 e. The molecule has 0 bridgehead atoms. The second-order valence-electron chi connectivity index (χ2n) is 6.10. The van der Waals surface area contributed by atoms with Gasteiger partial charge >= 0.3 is 5.97 Å². The van der Waals surface area contributed by atoms with E-state index in [-0.39, 0.29) is 12.6 Å². The fourth-order valence-electron chi connectivity index (χ4n) is 2.88. The Morgan fingerprint density at radius 1 is 1.21 bits per heavy atom. The average molecular weight is 326 g/mol. The molecular formula is C19H22N2O3. The largest absolute Gasteiger partial charge is 0.461 e. The van der Waals surface area contributed by atoms with Gasteiger partial charge in [-0.2, -0.15) is 0 Å². The molecule has 0 saturated carbocycles. The van der Waals surface area contributed by atoms with Gasteiger partial charge in [-0.25, -0.2) is 4.79 Å². The van der Waals surface area contributed by atoms with E-state index in [0.29, 0.717) is 25.1 Å². The molecule has 0 aliphatic carbocycles. The number of hydrogen-bond acceptors (Lipinski definition) is 4. The molecule has 0 radical (unpaired) electrons. The Morgan fingerprint density at radius 2 is 2.04 bits per heavy atom. The Bertz CT molecular complexity index is 868. The highest BCUT2D eigenvalue weighted by Crippen LogP contribution is 2.28. The molecule has 0 spiro atoms. The van der Waals surface area contributed by atoms with Crippen LogP contribution in [-0.2, 0) is 11.2 Å². The molecule has 24 heavy (non-hydrogen) atoms. The lowest BCUT2D eigenvalue weighted by Crippen LogP contribution is -2.20. The zero-order valence-corrected chi connectivity index (χ0v) is 14.0. The molecule has 0 amide bonds. The molecule has 5 nitrogen and oxygen atoms in total. The van der Waals surface area contributed by atoms with Gasteiger partial charge in [-0.3, -0.25) is 0 Å². The van der Waals surface area contributed by atoms with E-state index in [4.69, 9.17) is 9.84 Å². The minimum atomic E-state index is -0.301. The summed E-state index contributed by atoms with van der Waals surface area (Å²) in [7, 11) is 3.89. The van der Waals surface area contributed by atoms with Crippen LogP contribution < -0.4 is 0 Å². The van der Waals surface area contributed by atoms with E-state index in [0.717, 1.165) is 22.0 Å². The zero-order valence-electron chi connectivity index (χ0n) is 14.0. The third-order valence-corrected chi connectivity index (χ3v) is 4.08. The molecule has 1 N–H and O–H groups in total. The Labute approximate surface area is 141 Å². The Balaban J connectivity index is 2.06. The van der Waals surface area contributed by atoms with Crippen molar-refractivity contribution in [2.24, 2.45) is 0 Å². The lowest BCUT2D eigenvalue weighted by Gasteiger charge is -2.09. The van der Waals surface area contributed by atoms with Gasteiger partial charge in [-0.15, -0.1) is 0 Å². The van der Waals surface area contributed by atoms with Crippen LogP contribution in [0.4, 0.5) is 0 Å². The van der Waals surface area contributed by atoms with Crippen LogP contribution in [0.3, 0.4) is 0 Å². The van der Waals surface area contributed by atoms with Gasteiger partial charge in [0.15, 0.2) is 0 Å². The number of carbonyl (C=O) groups is 1. The minimum absolute atomic E-state index is 0.105. The zero-order chi connectivity index (χ0) is 17.1. The van der Waals surface area contributed by atoms with E-state index in [1.165, 1.54) is 0 Å². The van der Waals surface area contributed by atoms with Crippen molar-refractivity contribution in [3.8, 4) is 0 Å². The molecule has 0 aliphatic heterocycles. The Kier molecular flexibility index (Phi) is 4.83. The average Bonchev–Trinajstić information content (AvgIpc) is 2.89. The lowest BCUT2D eigenvalue weighted by atomic mass is 10.1. The van der Waals surface area contributed by atoms with Gasteiger partial charge in [-0.1, -0.05) is 18.2 Å². The summed E-state index contributed by atoms with van der Waals surface area (Å²) in [6.45, 7) is 1.16. The molecule has 3 rings (SSSR count). The summed E-state index contributed by atoms with van der Waals surface area (Å²) >= 11 is 0. The van der Waals surface area contributed by atoms with E-state index in [1.54, 1.807) is 0 Å². The lowest BCUT2D eigenvalue weighted by molar-refractivity contribution is 0.0486. The number of ether oxygens (including phenoxy) is 1. The topological polar surface area (TPSA) is 54.2 Å². The van der Waals surface area contributed by atoms with Crippen molar-refractivity contribution in [3.63, 3.8) is 0 Å². The summed E-state index contributed by atoms with van der Waals surface area (Å²) in [6.07, 6.45) is 2.54. The van der Waals surface area contributed by atoms with Crippen LogP contribution in [-0.4, -0.2) is 54.2 Å². The quantitative estimate of drug-likeness (QED) is 0.707. The molecular weight excluding hydrogens is 304 g/mol. The number of carbonyl (C=O) groups excluding carboxylic acids is 1. The summed E-state index contributed by atoms with van der Waals surface area (Å²) < 4.78 is 7.46. The number of pyridine rings is 1. The third kappa shape index (κ3) is 3.13. The number of rotatable bonds is 6. The van der Waals surface area contributed by atoms with E-state index >= 15 is 0 Å². The van der Waals surface area contributed by atoms with Crippen LogP contribution in [0.15, 0.2) is 42.6 Å². The Hall–Kier alpha value is -2.37. The maximum atomic E-state index is 12.6. The first kappa shape index (κ1) is 16.5. The number of benzene rings is 1. The minimum Gasteiger partial charge on any atom is -0.461 e. The summed E-state index contributed by atoms with van der Waals surface area (Å²) in [5.74, 6) is -0.301. The van der Waals surface area contributed by atoms with Crippen molar-refractivity contribution in [1.29, 1.82) is 0 Å². The summed E-state index contributed by atoms with van der Waals surface area (Å²) in [6, 6.07) is 11.7. The Morgan fingerprint density at radius 3 is 2.79 bits per heavy atom. The van der Waals surface area contributed by atoms with Crippen molar-refractivity contribution in [1.82, 2.24) is 9.30 Å². The van der Waals surface area contributed by atoms with Gasteiger partial charge in [-0.05, 0) is 44.3 Å². The van der Waals surface area contributed by atoms with Gasteiger partial charge in [0.1, 0.15) is 6.61 Å². The van der Waals surface area contributed by atoms with Crippen molar-refractivity contribution in [2.45, 2.75) is 6.42 Å². The fourth-order valence-corrected chi connectivity index (χ4v) is 2.88. The van der Waals surface area contributed by atoms with Crippen LogP contribution in [0.1, 0.15) is 15.9 Å². The second-order valence-corrected chi connectivity index (χ2v) is 6.10. The SMILES string of the molecule is CN(C)CCOC(=O)c1c2ccc(CCO)cc2n2ccccc12. The van der Waals surface area contributed by atoms with Crippen LogP contribution in [0.25, 0.3) is 16.4 Å². The van der Waals surface area contributed by atoms with Crippen LogP contribution >= 0.6 is 0 Å². The molecule has 1 aromatic carbocycles. The van der Waals surface area contributed by atoms with E-state index < -0.39 is 0 Å². The predicted octanol–water partition coefficient (Wildman–Crippen LogP) is 2.35. The number of aliphatic hydroxyl groups excluding tert-OH is 1. The van der Waals surface area contributed by atoms with Crippen molar-refractivity contribution < 1.29 is 14.6 Å². The van der Waals surface area contributed by atoms with Crippen molar-refractivity contribution in [3.05, 3.63) is 53.7 Å². The van der Waals surface area contributed by atoms with Gasteiger partial charge in [0, 0.05) is 24.7 Å². The maximum Gasteiger partial charge on any atom is 0.341 e. The number of nitrogens with zero attached hydrogens (tertiary/aromatic N) is 2. The normalized spacial score (nSPS) is 11.5. The van der Waals surface area contributed by atoms with Crippen molar-refractivity contribution >= 4 is 22.4 Å². The first-order valence-corrected chi connectivity index (χ1v) is 8.06. The highest BCUT2D eigenvalue weighted by molar-refractivity contribution is 6.11. The monoisotopic (exact) mass is 326 g/mol. The van der Waals surface area contributed by atoms with Gasteiger partial charge in [0.2, 0.25) is 0 Å². The number of esters is 1. The van der Waals surface area contributed by atoms with Crippen molar-refractivity contribution in [2.75, 3.05) is 33.9 Å². The molecule has 0 atom stereocenters. The van der Waals surface area contributed by atoms with E-state index in [2.05, 4.69) is 0 Å². The van der Waals surface area contributed by atoms with E-state index in [9.17, 15) is 4.79 Å². The van der Waals surface area contributed by atoms with Crippen LogP contribution in [0, 0.1) is 0 Å². The summed E-state index contributed by atoms with van der Waals surface area (Å²) in [4.78, 5) is 14.6. The molecule has 2 heterocycles. The van der Waals surface area contributed by atoms with Gasteiger partial charge in [0.25, 0.3) is 0 Å². The van der Waals surface area contributed by atoms with E-state index in [1.807, 2.05) is 66.0 Å². The molecule has 0 saturated heterocycles. The second kappa shape index (κ2) is 7.03. The van der Waals surface area contributed by atoms with Crippen LogP contribution in [0.2, 0.25) is 0 Å². The number of aliphatic hydroxyl groups is 1. The molecule has 0 aliphatic rings. The first-order chi connectivity index (χ1) is 11.6. The van der Waals surface area contributed by atoms with Gasteiger partial charge in [0.05, 0.1) is 16.6 Å². The number of likely N-dealkylation sites (N-methyl/N-ethyl adjacent to an activating group) is 1. The summed E-state index contributed by atoms with van der Waals surface area (Å²) in [5.41, 5.74) is 3.43. The number of fused-ring (bicyclic) bond motifs is 3. The maximum absolute atomic E-state index is 12.6. The third-order valence-electron chi connectivity index (χ3n) is 4.08. The predicted molar refractivity (Wildman–Crippen MR) is 94.5 cm³/mol. The number of aromatic nitrogens is 1. The molecule has 126 valence electrons. The highest BCUT2D eigenvalue weighted by atomic mass is 16.5. The molecule has 2 aromatic heterocycles. The molecule has 0 fully saturated rings. The molecule has 5 heteroatoms. The fraction of sp³-hybridized carbons (Fsp3) is 0.316. The highest BCUT2D eigenvalue weighted by Gasteiger charge is 2.19. The molecule has 0 unspecified atom stereocenters. The first-order valence-electron chi connectivity index (χ1n) is 8.06. The van der Waals surface area contributed by atoms with Crippen LogP contribution in [0.5, 0.6) is 0 Å². The van der Waals surface area contributed by atoms with Gasteiger partial charge < -0.3 is 19.1 Å². The standard InChI is InChI=1S/C19H22N2O3/c1-20(2)10-12-24-19(23)18-15-7-6-14(8-11-22)13-17(15)21-9-4-3-5-16(18)21/h3-7,9,13,22H,8,10-12H2,1-2H3. The number of hydrogen-bond donors (Lipinski definition) is 1. The molecule has 3 aromatic rings. The summed E-state index contributed by atoms with van der Waals surface area (Å²) in [5, 5.41) is 10.0.